The number of rotatable bonds is 2. The molecule has 0 amide bonds. The number of aromatic nitrogens is 1. The van der Waals surface area contributed by atoms with E-state index in [0.717, 1.165) is 16.7 Å². The number of amidine groups is 1. The van der Waals surface area contributed by atoms with Gasteiger partial charge >= 0.3 is 0 Å². The lowest BCUT2D eigenvalue weighted by Crippen LogP contribution is -2.17. The number of nitrogens with zero attached hydrogens (tertiary/aromatic N) is 2. The molecule has 0 aliphatic heterocycles. The third-order valence-electron chi connectivity index (χ3n) is 1.97. The molecule has 15 heavy (non-hydrogen) atoms. The van der Waals surface area contributed by atoms with Crippen molar-refractivity contribution in [2.45, 2.75) is 6.42 Å². The molecule has 1 aromatic heterocycles. The van der Waals surface area contributed by atoms with E-state index in [0.29, 0.717) is 12.3 Å². The highest BCUT2D eigenvalue weighted by molar-refractivity contribution is 5.88. The first-order valence-electron chi connectivity index (χ1n) is 4.17. The van der Waals surface area contributed by atoms with Gasteiger partial charge in [0, 0.05) is 5.39 Å². The molecule has 6 heteroatoms. The molecule has 0 radical (unpaired) electrons. The van der Waals surface area contributed by atoms with E-state index in [1.165, 1.54) is 0 Å². The summed E-state index contributed by atoms with van der Waals surface area (Å²) in [5.74, 6) is 5.37. The molecule has 0 saturated carbocycles. The molecule has 4 N–H and O–H groups in total. The normalized spacial score (nSPS) is 11.3. The lowest BCUT2D eigenvalue weighted by Gasteiger charge is -1.93. The zero-order valence-electron chi connectivity index (χ0n) is 7.88. The third-order valence-corrected chi connectivity index (χ3v) is 1.97. The molecule has 0 atom stereocenters. The van der Waals surface area contributed by atoms with E-state index in [1.807, 2.05) is 24.3 Å². The maximum absolute atomic E-state index is 5.50. The Hall–Kier alpha value is -1.75. The van der Waals surface area contributed by atoms with Crippen molar-refractivity contribution in [2.75, 3.05) is 0 Å². The summed E-state index contributed by atoms with van der Waals surface area (Å²) in [6.07, 6.45) is 0.410. The highest BCUT2D eigenvalue weighted by Crippen LogP contribution is 2.17. The molecule has 0 saturated heterocycles. The van der Waals surface area contributed by atoms with Crippen molar-refractivity contribution in [3.63, 3.8) is 0 Å². The fourth-order valence-electron chi connectivity index (χ4n) is 1.28. The van der Waals surface area contributed by atoms with Gasteiger partial charge < -0.3 is 16.1 Å². The largest absolute Gasteiger partial charge is 0.385 e. The molecule has 80 valence electrons. The summed E-state index contributed by atoms with van der Waals surface area (Å²) in [4.78, 5) is 0. The van der Waals surface area contributed by atoms with Crippen LogP contribution in [-0.2, 0) is 6.42 Å². The van der Waals surface area contributed by atoms with Gasteiger partial charge in [0.15, 0.2) is 5.58 Å². The van der Waals surface area contributed by atoms with Crippen LogP contribution in [-0.4, -0.2) is 11.0 Å². The molecule has 5 nitrogen and oxygen atoms in total. The quantitative estimate of drug-likeness (QED) is 0.346. The van der Waals surface area contributed by atoms with Crippen molar-refractivity contribution in [1.29, 1.82) is 0 Å². The number of hydrogen-bond donors (Lipinski definition) is 2. The van der Waals surface area contributed by atoms with Gasteiger partial charge in [0.25, 0.3) is 0 Å². The maximum Gasteiger partial charge on any atom is 0.167 e. The number of para-hydroxylation sites is 1. The summed E-state index contributed by atoms with van der Waals surface area (Å²) in [6, 6.07) is 7.57. The fourth-order valence-corrected chi connectivity index (χ4v) is 1.28. The monoisotopic (exact) mass is 226 g/mol. The second kappa shape index (κ2) is 4.65. The van der Waals surface area contributed by atoms with Gasteiger partial charge in [-0.1, -0.05) is 17.3 Å². The topological polar surface area (TPSA) is 90.4 Å². The highest BCUT2D eigenvalue weighted by Gasteiger charge is 2.08. The average Bonchev–Trinajstić information content (AvgIpc) is 2.62. The SMILES string of the molecule is Cl.NN=C(N)Cc1noc2ccccc12. The lowest BCUT2D eigenvalue weighted by atomic mass is 10.2. The molecule has 0 unspecified atom stereocenters. The van der Waals surface area contributed by atoms with Crippen molar-refractivity contribution < 1.29 is 4.52 Å². The summed E-state index contributed by atoms with van der Waals surface area (Å²) in [7, 11) is 0. The van der Waals surface area contributed by atoms with E-state index in [9.17, 15) is 0 Å². The highest BCUT2D eigenvalue weighted by atomic mass is 35.5. The van der Waals surface area contributed by atoms with E-state index >= 15 is 0 Å². The third kappa shape index (κ3) is 2.19. The number of fused-ring (bicyclic) bond motifs is 1. The molecule has 0 fully saturated rings. The smallest absolute Gasteiger partial charge is 0.167 e. The van der Waals surface area contributed by atoms with Gasteiger partial charge in [-0.05, 0) is 12.1 Å². The summed E-state index contributed by atoms with van der Waals surface area (Å²) >= 11 is 0. The second-order valence-corrected chi connectivity index (χ2v) is 2.92. The van der Waals surface area contributed by atoms with E-state index < -0.39 is 0 Å². The number of hydrogen-bond acceptors (Lipinski definition) is 4. The standard InChI is InChI=1S/C9H10N4O.ClH/c10-9(12-11)5-7-6-3-1-2-4-8(6)14-13-7;/h1-4H,5,11H2,(H2,10,12);1H. The molecule has 0 aliphatic rings. The Morgan fingerprint density at radius 2 is 2.13 bits per heavy atom. The van der Waals surface area contributed by atoms with Crippen LogP contribution in [0.5, 0.6) is 0 Å². The van der Waals surface area contributed by atoms with E-state index in [2.05, 4.69) is 10.3 Å². The minimum absolute atomic E-state index is 0. The molecule has 2 rings (SSSR count). The Balaban J connectivity index is 0.00000112. The van der Waals surface area contributed by atoms with Gasteiger partial charge in [0.2, 0.25) is 0 Å². The van der Waals surface area contributed by atoms with Crippen LogP contribution in [0.1, 0.15) is 5.69 Å². The number of hydrazone groups is 1. The Labute approximate surface area is 92.5 Å². The Morgan fingerprint density at radius 1 is 1.40 bits per heavy atom. The van der Waals surface area contributed by atoms with Crippen molar-refractivity contribution in [1.82, 2.24) is 5.16 Å². The Bertz CT molecular complexity index is 480. The van der Waals surface area contributed by atoms with Crippen molar-refractivity contribution in [2.24, 2.45) is 16.7 Å². The van der Waals surface area contributed by atoms with Gasteiger partial charge in [-0.2, -0.15) is 5.10 Å². The first-order valence-corrected chi connectivity index (χ1v) is 4.17. The van der Waals surface area contributed by atoms with Crippen LogP contribution in [0.25, 0.3) is 11.0 Å². The number of benzene rings is 1. The zero-order valence-corrected chi connectivity index (χ0v) is 8.70. The van der Waals surface area contributed by atoms with Crippen LogP contribution in [0, 0.1) is 0 Å². The molecule has 0 bridgehead atoms. The van der Waals surface area contributed by atoms with Gasteiger partial charge in [-0.3, -0.25) is 0 Å². The van der Waals surface area contributed by atoms with Crippen LogP contribution in [0.3, 0.4) is 0 Å². The Kier molecular flexibility index (Phi) is 3.51. The van der Waals surface area contributed by atoms with Gasteiger partial charge in [0.05, 0.1) is 12.1 Å². The minimum Gasteiger partial charge on any atom is -0.385 e. The van der Waals surface area contributed by atoms with Crippen LogP contribution >= 0.6 is 12.4 Å². The summed E-state index contributed by atoms with van der Waals surface area (Å²) in [5.41, 5.74) is 7.00. The zero-order chi connectivity index (χ0) is 9.97. The molecule has 1 aromatic carbocycles. The van der Waals surface area contributed by atoms with E-state index in [1.54, 1.807) is 0 Å². The fraction of sp³-hybridized carbons (Fsp3) is 0.111. The summed E-state index contributed by atoms with van der Waals surface area (Å²) in [5, 5.41) is 8.22. The Morgan fingerprint density at radius 3 is 2.87 bits per heavy atom. The molecular weight excluding hydrogens is 216 g/mol. The summed E-state index contributed by atoms with van der Waals surface area (Å²) < 4.78 is 5.09. The average molecular weight is 227 g/mol. The van der Waals surface area contributed by atoms with Crippen LogP contribution in [0.15, 0.2) is 33.9 Å². The van der Waals surface area contributed by atoms with Crippen molar-refractivity contribution >= 4 is 29.2 Å². The minimum atomic E-state index is 0. The van der Waals surface area contributed by atoms with Crippen LogP contribution in [0.4, 0.5) is 0 Å². The first kappa shape index (κ1) is 11.3. The van der Waals surface area contributed by atoms with E-state index in [4.69, 9.17) is 16.1 Å². The van der Waals surface area contributed by atoms with E-state index in [-0.39, 0.29) is 12.4 Å². The van der Waals surface area contributed by atoms with Crippen LogP contribution < -0.4 is 11.6 Å². The van der Waals surface area contributed by atoms with Crippen molar-refractivity contribution in [3.8, 4) is 0 Å². The van der Waals surface area contributed by atoms with Gasteiger partial charge in [0.1, 0.15) is 5.84 Å². The predicted molar refractivity (Wildman–Crippen MR) is 60.8 cm³/mol. The first-order chi connectivity index (χ1) is 6.81. The second-order valence-electron chi connectivity index (χ2n) is 2.92. The maximum atomic E-state index is 5.50. The summed E-state index contributed by atoms with van der Waals surface area (Å²) in [6.45, 7) is 0. The lowest BCUT2D eigenvalue weighted by molar-refractivity contribution is 0.449. The molecule has 1 heterocycles. The molecule has 0 aliphatic carbocycles. The molecule has 0 spiro atoms. The van der Waals surface area contributed by atoms with Gasteiger partial charge in [-0.25, -0.2) is 0 Å². The molecule has 2 aromatic rings. The number of nitrogens with two attached hydrogens (primary N) is 2. The van der Waals surface area contributed by atoms with Crippen molar-refractivity contribution in [3.05, 3.63) is 30.0 Å². The predicted octanol–water partition coefficient (Wildman–Crippen LogP) is 1.02. The van der Waals surface area contributed by atoms with Crippen LogP contribution in [0.2, 0.25) is 0 Å². The van der Waals surface area contributed by atoms with Gasteiger partial charge in [-0.15, -0.1) is 12.4 Å². The number of halogens is 1. The molecular formula is C9H11ClN4O.